The first-order valence-electron chi connectivity index (χ1n) is 5.55. The molecule has 1 fully saturated rings. The quantitative estimate of drug-likeness (QED) is 0.889. The molecule has 1 saturated heterocycles. The average molecular weight is 305 g/mol. The van der Waals surface area contributed by atoms with Gasteiger partial charge in [-0.1, -0.05) is 11.6 Å². The van der Waals surface area contributed by atoms with Crippen LogP contribution in [0.4, 0.5) is 5.69 Å². The van der Waals surface area contributed by atoms with Crippen molar-refractivity contribution < 1.29 is 4.74 Å². The summed E-state index contributed by atoms with van der Waals surface area (Å²) in [5, 5.41) is 4.28. The van der Waals surface area contributed by atoms with Crippen LogP contribution in [0.2, 0.25) is 5.02 Å². The van der Waals surface area contributed by atoms with Gasteiger partial charge in [0.05, 0.1) is 5.69 Å². The maximum Gasteiger partial charge on any atom is 0.0501 e. The molecule has 1 aliphatic heterocycles. The van der Waals surface area contributed by atoms with E-state index >= 15 is 0 Å². The fraction of sp³-hybridized carbons (Fsp3) is 0.500. The Hall–Kier alpha value is -0.250. The van der Waals surface area contributed by atoms with Gasteiger partial charge in [0.25, 0.3) is 0 Å². The van der Waals surface area contributed by atoms with E-state index in [9.17, 15) is 0 Å². The molecular weight excluding hydrogens is 289 g/mol. The van der Waals surface area contributed by atoms with Gasteiger partial charge in [-0.2, -0.15) is 0 Å². The van der Waals surface area contributed by atoms with Gasteiger partial charge in [-0.05, 0) is 53.4 Å². The van der Waals surface area contributed by atoms with Gasteiger partial charge in [0.15, 0.2) is 0 Å². The average Bonchev–Trinajstić information content (AvgIpc) is 2.52. The Morgan fingerprint density at radius 1 is 1.31 bits per heavy atom. The molecule has 0 saturated carbocycles. The summed E-state index contributed by atoms with van der Waals surface area (Å²) in [5.74, 6) is 0. The van der Waals surface area contributed by atoms with Gasteiger partial charge in [-0.3, -0.25) is 0 Å². The van der Waals surface area contributed by atoms with Crippen LogP contribution >= 0.6 is 27.5 Å². The number of halogens is 2. The van der Waals surface area contributed by atoms with Gasteiger partial charge in [-0.15, -0.1) is 0 Å². The second-order valence-electron chi connectivity index (χ2n) is 4.01. The fourth-order valence-corrected chi connectivity index (χ4v) is 2.41. The summed E-state index contributed by atoms with van der Waals surface area (Å²) in [6.45, 7) is 1.73. The normalized spacial score (nSPS) is 21.5. The Kier molecular flexibility index (Phi) is 4.50. The first kappa shape index (κ1) is 12.2. The molecule has 1 aromatic rings. The summed E-state index contributed by atoms with van der Waals surface area (Å²) in [6.07, 6.45) is 3.33. The van der Waals surface area contributed by atoms with Crippen molar-refractivity contribution in [3.05, 3.63) is 27.7 Å². The zero-order valence-corrected chi connectivity index (χ0v) is 11.4. The second-order valence-corrected chi connectivity index (χ2v) is 5.30. The highest BCUT2D eigenvalue weighted by Gasteiger charge is 2.13. The number of nitrogens with one attached hydrogen (secondary N) is 1. The first-order valence-corrected chi connectivity index (χ1v) is 6.72. The van der Waals surface area contributed by atoms with Gasteiger partial charge in [0.1, 0.15) is 0 Å². The highest BCUT2D eigenvalue weighted by molar-refractivity contribution is 9.10. The SMILES string of the molecule is Clc1ccc(Br)c(NC2CCCOCC2)c1. The fourth-order valence-electron chi connectivity index (χ4n) is 1.88. The Bertz CT molecular complexity index is 351. The second kappa shape index (κ2) is 5.89. The standard InChI is InChI=1S/C12H15BrClNO/c13-11-4-3-9(14)8-12(11)15-10-2-1-6-16-7-5-10/h3-4,8,10,15H,1-2,5-7H2. The van der Waals surface area contributed by atoms with E-state index in [0.717, 1.165) is 47.7 Å². The summed E-state index contributed by atoms with van der Waals surface area (Å²) < 4.78 is 6.50. The number of hydrogen-bond acceptors (Lipinski definition) is 2. The lowest BCUT2D eigenvalue weighted by molar-refractivity contribution is 0.144. The van der Waals surface area contributed by atoms with E-state index in [2.05, 4.69) is 21.2 Å². The highest BCUT2D eigenvalue weighted by atomic mass is 79.9. The molecule has 1 unspecified atom stereocenters. The Morgan fingerprint density at radius 3 is 3.06 bits per heavy atom. The number of rotatable bonds is 2. The van der Waals surface area contributed by atoms with Crippen molar-refractivity contribution in [1.29, 1.82) is 0 Å². The highest BCUT2D eigenvalue weighted by Crippen LogP contribution is 2.27. The lowest BCUT2D eigenvalue weighted by atomic mass is 10.1. The van der Waals surface area contributed by atoms with Crippen LogP contribution in [0.25, 0.3) is 0 Å². The number of benzene rings is 1. The molecule has 2 nitrogen and oxygen atoms in total. The van der Waals surface area contributed by atoms with Crippen LogP contribution in [-0.2, 0) is 4.74 Å². The minimum atomic E-state index is 0.484. The molecule has 0 spiro atoms. The Labute approximate surface area is 109 Å². The summed E-state index contributed by atoms with van der Waals surface area (Å²) in [4.78, 5) is 0. The van der Waals surface area contributed by atoms with Crippen LogP contribution < -0.4 is 5.32 Å². The predicted molar refractivity (Wildman–Crippen MR) is 71.2 cm³/mol. The molecular formula is C12H15BrClNO. The smallest absolute Gasteiger partial charge is 0.0501 e. The lowest BCUT2D eigenvalue weighted by Gasteiger charge is -2.18. The van der Waals surface area contributed by atoms with Crippen molar-refractivity contribution in [2.45, 2.75) is 25.3 Å². The lowest BCUT2D eigenvalue weighted by Crippen LogP contribution is -2.19. The topological polar surface area (TPSA) is 21.3 Å². The minimum Gasteiger partial charge on any atom is -0.381 e. The van der Waals surface area contributed by atoms with Crippen LogP contribution in [-0.4, -0.2) is 19.3 Å². The minimum absolute atomic E-state index is 0.484. The van der Waals surface area contributed by atoms with E-state index in [-0.39, 0.29) is 0 Å². The molecule has 0 aliphatic carbocycles. The van der Waals surface area contributed by atoms with Crippen LogP contribution in [0.3, 0.4) is 0 Å². The van der Waals surface area contributed by atoms with E-state index < -0.39 is 0 Å². The third-order valence-corrected chi connectivity index (χ3v) is 3.67. The van der Waals surface area contributed by atoms with Gasteiger partial charge in [0.2, 0.25) is 0 Å². The van der Waals surface area contributed by atoms with Crippen molar-refractivity contribution in [3.63, 3.8) is 0 Å². The Balaban J connectivity index is 2.04. The van der Waals surface area contributed by atoms with E-state index in [0.29, 0.717) is 6.04 Å². The molecule has 4 heteroatoms. The molecule has 1 heterocycles. The summed E-state index contributed by atoms with van der Waals surface area (Å²) in [5.41, 5.74) is 1.07. The third kappa shape index (κ3) is 3.37. The molecule has 88 valence electrons. The van der Waals surface area contributed by atoms with Crippen molar-refractivity contribution >= 4 is 33.2 Å². The molecule has 1 N–H and O–H groups in total. The van der Waals surface area contributed by atoms with Crippen molar-refractivity contribution in [2.24, 2.45) is 0 Å². The summed E-state index contributed by atoms with van der Waals surface area (Å²) >= 11 is 9.51. The summed E-state index contributed by atoms with van der Waals surface area (Å²) in [7, 11) is 0. The van der Waals surface area contributed by atoms with Gasteiger partial charge in [-0.25, -0.2) is 0 Å². The zero-order valence-electron chi connectivity index (χ0n) is 9.01. The molecule has 2 rings (SSSR count). The number of ether oxygens (including phenoxy) is 1. The molecule has 0 radical (unpaired) electrons. The maximum absolute atomic E-state index is 5.98. The van der Waals surface area contributed by atoms with Crippen molar-refractivity contribution in [2.75, 3.05) is 18.5 Å². The van der Waals surface area contributed by atoms with Crippen LogP contribution in [0.1, 0.15) is 19.3 Å². The van der Waals surface area contributed by atoms with Crippen LogP contribution in [0, 0.1) is 0 Å². The largest absolute Gasteiger partial charge is 0.381 e. The molecule has 1 atom stereocenters. The molecule has 1 aromatic carbocycles. The monoisotopic (exact) mass is 303 g/mol. The maximum atomic E-state index is 5.98. The first-order chi connectivity index (χ1) is 7.75. The van der Waals surface area contributed by atoms with Gasteiger partial charge >= 0.3 is 0 Å². The number of hydrogen-bond donors (Lipinski definition) is 1. The van der Waals surface area contributed by atoms with Crippen molar-refractivity contribution in [3.8, 4) is 0 Å². The van der Waals surface area contributed by atoms with Crippen LogP contribution in [0.5, 0.6) is 0 Å². The molecule has 0 bridgehead atoms. The van der Waals surface area contributed by atoms with Crippen molar-refractivity contribution in [1.82, 2.24) is 0 Å². The molecule has 16 heavy (non-hydrogen) atoms. The molecule has 0 amide bonds. The van der Waals surface area contributed by atoms with Crippen LogP contribution in [0.15, 0.2) is 22.7 Å². The van der Waals surface area contributed by atoms with Gasteiger partial charge in [0, 0.05) is 28.8 Å². The predicted octanol–water partition coefficient (Wildman–Crippen LogP) is 4.08. The number of anilines is 1. The van der Waals surface area contributed by atoms with Gasteiger partial charge < -0.3 is 10.1 Å². The van der Waals surface area contributed by atoms with E-state index in [1.807, 2.05) is 18.2 Å². The summed E-state index contributed by atoms with van der Waals surface area (Å²) in [6, 6.07) is 6.29. The van der Waals surface area contributed by atoms with E-state index in [1.165, 1.54) is 0 Å². The molecule has 0 aromatic heterocycles. The molecule has 1 aliphatic rings. The van der Waals surface area contributed by atoms with E-state index in [1.54, 1.807) is 0 Å². The van der Waals surface area contributed by atoms with E-state index in [4.69, 9.17) is 16.3 Å². The zero-order chi connectivity index (χ0) is 11.4. The Morgan fingerprint density at radius 2 is 2.19 bits per heavy atom. The third-order valence-electron chi connectivity index (χ3n) is 2.74.